The normalized spacial score (nSPS) is 16.8. The van der Waals surface area contributed by atoms with Gasteiger partial charge in [0.1, 0.15) is 0 Å². The van der Waals surface area contributed by atoms with Gasteiger partial charge in [0.05, 0.1) is 16.7 Å². The Morgan fingerprint density at radius 2 is 1.53 bits per heavy atom. The number of para-hydroxylation sites is 1. The molecule has 0 radical (unpaired) electrons. The zero-order valence-corrected chi connectivity index (χ0v) is 28.4. The van der Waals surface area contributed by atoms with Crippen LogP contribution in [0, 0.1) is 0 Å². The number of benzene rings is 6. The summed E-state index contributed by atoms with van der Waals surface area (Å²) in [7, 11) is 0. The zero-order valence-electron chi connectivity index (χ0n) is 28.4. The lowest BCUT2D eigenvalue weighted by Gasteiger charge is -2.21. The second-order valence-corrected chi connectivity index (χ2v) is 14.7. The minimum absolute atomic E-state index is 0.0272. The smallest absolute Gasteiger partial charge is 0.0547 e. The van der Waals surface area contributed by atoms with Gasteiger partial charge in [-0.15, -0.1) is 0 Å². The molecule has 7 aromatic rings. The highest BCUT2D eigenvalue weighted by Gasteiger charge is 2.37. The van der Waals surface area contributed by atoms with Crippen molar-refractivity contribution in [2.75, 3.05) is 0 Å². The molecule has 236 valence electrons. The Morgan fingerprint density at radius 1 is 0.714 bits per heavy atom. The molecule has 0 saturated heterocycles. The summed E-state index contributed by atoms with van der Waals surface area (Å²) in [5.74, 6) is 0.449. The van der Waals surface area contributed by atoms with Crippen LogP contribution in [0.2, 0.25) is 0 Å². The maximum absolute atomic E-state index is 2.55. The first-order chi connectivity index (χ1) is 24.0. The zero-order chi connectivity index (χ0) is 32.9. The van der Waals surface area contributed by atoms with Gasteiger partial charge in [0.2, 0.25) is 0 Å². The highest BCUT2D eigenvalue weighted by atomic mass is 15.0. The van der Waals surface area contributed by atoms with Crippen molar-refractivity contribution in [1.82, 2.24) is 4.57 Å². The molecule has 3 aliphatic carbocycles. The number of allylic oxidation sites excluding steroid dienone is 4. The first-order valence-electron chi connectivity index (χ1n) is 17.9. The molecule has 0 saturated carbocycles. The van der Waals surface area contributed by atoms with Crippen LogP contribution in [0.25, 0.3) is 55.3 Å². The maximum Gasteiger partial charge on any atom is 0.0547 e. The van der Waals surface area contributed by atoms with Crippen molar-refractivity contribution in [3.63, 3.8) is 0 Å². The van der Waals surface area contributed by atoms with Crippen molar-refractivity contribution in [1.29, 1.82) is 0 Å². The fourth-order valence-corrected chi connectivity index (χ4v) is 9.37. The van der Waals surface area contributed by atoms with E-state index < -0.39 is 0 Å². The van der Waals surface area contributed by atoms with Crippen LogP contribution in [0.15, 0.2) is 140 Å². The lowest BCUT2D eigenvalue weighted by molar-refractivity contribution is 0.661. The van der Waals surface area contributed by atoms with E-state index in [1.807, 2.05) is 0 Å². The molecule has 0 spiro atoms. The highest BCUT2D eigenvalue weighted by molar-refractivity contribution is 6.18. The second-order valence-electron chi connectivity index (χ2n) is 14.7. The molecule has 6 aromatic carbocycles. The number of fused-ring (bicyclic) bond motifs is 10. The minimum Gasteiger partial charge on any atom is -0.309 e. The van der Waals surface area contributed by atoms with Crippen LogP contribution in [-0.2, 0) is 18.3 Å². The summed E-state index contributed by atoms with van der Waals surface area (Å²) in [4.78, 5) is 0. The van der Waals surface area contributed by atoms with Crippen LogP contribution in [-0.4, -0.2) is 4.57 Å². The highest BCUT2D eigenvalue weighted by Crippen LogP contribution is 2.53. The van der Waals surface area contributed by atoms with Crippen molar-refractivity contribution in [3.8, 4) is 27.9 Å². The Kier molecular flexibility index (Phi) is 6.16. The van der Waals surface area contributed by atoms with Crippen LogP contribution in [0.5, 0.6) is 0 Å². The Morgan fingerprint density at radius 3 is 2.41 bits per heavy atom. The molecule has 1 nitrogen and oxygen atoms in total. The summed E-state index contributed by atoms with van der Waals surface area (Å²) in [6.07, 6.45) is 10.3. The second kappa shape index (κ2) is 10.5. The van der Waals surface area contributed by atoms with E-state index in [0.29, 0.717) is 5.92 Å². The van der Waals surface area contributed by atoms with Crippen molar-refractivity contribution < 1.29 is 0 Å². The lowest BCUT2D eigenvalue weighted by Crippen LogP contribution is -2.14. The van der Waals surface area contributed by atoms with Gasteiger partial charge in [0.15, 0.2) is 0 Å². The van der Waals surface area contributed by atoms with Gasteiger partial charge in [0.25, 0.3) is 0 Å². The summed E-state index contributed by atoms with van der Waals surface area (Å²) in [5, 5.41) is 2.70. The van der Waals surface area contributed by atoms with E-state index in [2.05, 4.69) is 165 Å². The molecule has 49 heavy (non-hydrogen) atoms. The van der Waals surface area contributed by atoms with E-state index in [-0.39, 0.29) is 5.41 Å². The van der Waals surface area contributed by atoms with Gasteiger partial charge in [-0.05, 0) is 104 Å². The van der Waals surface area contributed by atoms with Gasteiger partial charge >= 0.3 is 0 Å². The standard InChI is InChI=1S/C48H39N/c1-4-30-12-5-6-13-35(30)32-22-20-31(21-23-32)33-24-25-34-29-40-36(39(34)28-33)16-11-19-44(40)49-43-18-10-8-15-38(43)47-45(49)27-26-42-46(47)37-14-7-9-17-41(37)48(42,2)3/h5-22,24-28,32H,4,23,29H2,1-3H3. The average molecular weight is 630 g/mol. The number of aromatic nitrogens is 1. The topological polar surface area (TPSA) is 4.93 Å². The molecule has 0 aliphatic heterocycles. The molecule has 3 aliphatic rings. The number of hydrogen-bond donors (Lipinski definition) is 0. The maximum atomic E-state index is 2.55. The summed E-state index contributed by atoms with van der Waals surface area (Å²) in [6, 6.07) is 45.8. The van der Waals surface area contributed by atoms with E-state index in [1.165, 1.54) is 94.3 Å². The molecule has 0 N–H and O–H groups in total. The third-order valence-electron chi connectivity index (χ3n) is 11.8. The fourth-order valence-electron chi connectivity index (χ4n) is 9.37. The SMILES string of the molecule is CCc1ccccc1C1C=CC(c2ccc3c(c2)-c2cccc(-n4c5ccccc5c5c6c(ccc54)C(C)(C)c4ccccc4-6)c2C3)=CC1. The lowest BCUT2D eigenvalue weighted by atomic mass is 9.82. The number of hydrogen-bond acceptors (Lipinski definition) is 0. The van der Waals surface area contributed by atoms with Crippen molar-refractivity contribution in [2.45, 2.75) is 51.4 Å². The molecule has 10 rings (SSSR count). The van der Waals surface area contributed by atoms with Crippen molar-refractivity contribution >= 4 is 27.4 Å². The predicted octanol–water partition coefficient (Wildman–Crippen LogP) is 12.4. The first-order valence-corrected chi connectivity index (χ1v) is 17.9. The van der Waals surface area contributed by atoms with Crippen LogP contribution in [0.3, 0.4) is 0 Å². The van der Waals surface area contributed by atoms with Gasteiger partial charge in [-0.2, -0.15) is 0 Å². The van der Waals surface area contributed by atoms with Crippen LogP contribution in [0.1, 0.15) is 72.1 Å². The van der Waals surface area contributed by atoms with Gasteiger partial charge in [-0.3, -0.25) is 0 Å². The molecule has 0 bridgehead atoms. The van der Waals surface area contributed by atoms with E-state index in [0.717, 1.165) is 19.3 Å². The van der Waals surface area contributed by atoms with E-state index in [9.17, 15) is 0 Å². The summed E-state index contributed by atoms with van der Waals surface area (Å²) in [5.41, 5.74) is 20.6. The molecule has 1 aromatic heterocycles. The quantitative estimate of drug-likeness (QED) is 0.183. The molecular weight excluding hydrogens is 591 g/mol. The molecule has 1 unspecified atom stereocenters. The Labute approximate surface area is 288 Å². The molecule has 0 fully saturated rings. The third kappa shape index (κ3) is 4.05. The van der Waals surface area contributed by atoms with Gasteiger partial charge in [0, 0.05) is 28.5 Å². The summed E-state index contributed by atoms with van der Waals surface area (Å²) >= 11 is 0. The molecule has 1 heteroatoms. The van der Waals surface area contributed by atoms with Crippen LogP contribution < -0.4 is 0 Å². The first kappa shape index (κ1) is 28.6. The van der Waals surface area contributed by atoms with Crippen molar-refractivity contribution in [2.24, 2.45) is 0 Å². The van der Waals surface area contributed by atoms with Crippen LogP contribution >= 0.6 is 0 Å². The Bertz CT molecular complexity index is 2570. The minimum atomic E-state index is -0.0272. The summed E-state index contributed by atoms with van der Waals surface area (Å²) < 4.78 is 2.55. The van der Waals surface area contributed by atoms with Gasteiger partial charge < -0.3 is 4.57 Å². The number of aryl methyl sites for hydroxylation is 1. The Balaban J connectivity index is 1.09. The molecule has 0 amide bonds. The Hall–Kier alpha value is -5.40. The average Bonchev–Trinajstić information content (AvgIpc) is 3.77. The number of nitrogens with zero attached hydrogens (tertiary/aromatic N) is 1. The van der Waals surface area contributed by atoms with Crippen molar-refractivity contribution in [3.05, 3.63) is 178 Å². The van der Waals surface area contributed by atoms with E-state index in [1.54, 1.807) is 0 Å². The van der Waals surface area contributed by atoms with Gasteiger partial charge in [-0.25, -0.2) is 0 Å². The monoisotopic (exact) mass is 629 g/mol. The largest absolute Gasteiger partial charge is 0.309 e. The fraction of sp³-hybridized carbons (Fsp3) is 0.167. The van der Waals surface area contributed by atoms with E-state index >= 15 is 0 Å². The van der Waals surface area contributed by atoms with Gasteiger partial charge in [-0.1, -0.05) is 136 Å². The third-order valence-corrected chi connectivity index (χ3v) is 11.8. The van der Waals surface area contributed by atoms with E-state index in [4.69, 9.17) is 0 Å². The molecule has 1 heterocycles. The van der Waals surface area contributed by atoms with Crippen LogP contribution in [0.4, 0.5) is 0 Å². The predicted molar refractivity (Wildman–Crippen MR) is 207 cm³/mol. The summed E-state index contributed by atoms with van der Waals surface area (Å²) in [6.45, 7) is 7.01. The molecular formula is C48H39N. The number of rotatable bonds is 4. The molecule has 1 atom stereocenters.